The van der Waals surface area contributed by atoms with Crippen molar-refractivity contribution in [1.29, 1.82) is 0 Å². The van der Waals surface area contributed by atoms with Crippen LogP contribution in [-0.2, 0) is 13.6 Å². The Hall–Kier alpha value is -0.270. The zero-order valence-electron chi connectivity index (χ0n) is 19.8. The molecule has 0 fully saturated rings. The van der Waals surface area contributed by atoms with Gasteiger partial charge in [0.25, 0.3) is 7.82 Å². The van der Waals surface area contributed by atoms with Gasteiger partial charge in [0.15, 0.2) is 0 Å². The fourth-order valence-corrected chi connectivity index (χ4v) is 3.60. The second-order valence-corrected chi connectivity index (χ2v) is 10.6. The van der Waals surface area contributed by atoms with Gasteiger partial charge in [-0.15, -0.1) is 0 Å². The highest BCUT2D eigenvalue weighted by Crippen LogP contribution is 2.38. The highest BCUT2D eigenvalue weighted by molar-refractivity contribution is 7.45. The molecule has 3 N–H and O–H groups in total. The summed E-state index contributed by atoms with van der Waals surface area (Å²) in [6, 6.07) is -0.821. The number of nitrogens with zero attached hydrogens (tertiary/aromatic N) is 1. The molecule has 0 aliphatic rings. The van der Waals surface area contributed by atoms with Gasteiger partial charge in [-0.1, -0.05) is 76.9 Å². The van der Waals surface area contributed by atoms with Crippen molar-refractivity contribution in [3.63, 3.8) is 0 Å². The number of unbranched alkanes of at least 4 members (excludes halogenated alkanes) is 10. The predicted octanol–water partition coefficient (Wildman–Crippen LogP) is 3.75. The van der Waals surface area contributed by atoms with Crippen LogP contribution < -0.4 is 10.6 Å². The van der Waals surface area contributed by atoms with E-state index in [4.69, 9.17) is 14.8 Å². The molecular formula is C22H47N2O5P. The maximum atomic E-state index is 11.7. The fourth-order valence-electron chi connectivity index (χ4n) is 2.87. The molecule has 0 bridgehead atoms. The van der Waals surface area contributed by atoms with E-state index in [-0.39, 0.29) is 13.2 Å². The van der Waals surface area contributed by atoms with Gasteiger partial charge < -0.3 is 29.3 Å². The standard InChI is InChI=1S/C22H47N2O5P/c1-5-6-7-8-9-10-11-12-13-14-15-16-17-22(25)21(23)20-29-30(26,27)28-19-18-24(2,3)4/h16-17,21-22,25H,5-15,18-20,23H2,1-4H3/t21-,22+/m0/s1. The Kier molecular flexibility index (Phi) is 17.1. The SMILES string of the molecule is CCCCCCCCCCCCC=C[C@@H](O)[C@@H](N)COP(=O)([O-])OCC[N+](C)(C)C. The fraction of sp³-hybridized carbons (Fsp3) is 0.909. The largest absolute Gasteiger partial charge is 0.756 e. The van der Waals surface area contributed by atoms with Crippen LogP contribution in [0.5, 0.6) is 0 Å². The van der Waals surface area contributed by atoms with Crippen molar-refractivity contribution < 1.29 is 28.1 Å². The molecule has 0 saturated carbocycles. The maximum Gasteiger partial charge on any atom is 0.268 e. The van der Waals surface area contributed by atoms with Crippen molar-refractivity contribution in [2.75, 3.05) is 40.9 Å². The van der Waals surface area contributed by atoms with Crippen molar-refractivity contribution >= 4 is 7.82 Å². The molecular weight excluding hydrogens is 403 g/mol. The Bertz CT molecular complexity index is 483. The van der Waals surface area contributed by atoms with E-state index in [2.05, 4.69) is 6.92 Å². The molecule has 0 heterocycles. The van der Waals surface area contributed by atoms with Crippen molar-refractivity contribution in [1.82, 2.24) is 0 Å². The average Bonchev–Trinajstić information content (AvgIpc) is 2.65. The molecule has 0 rings (SSSR count). The van der Waals surface area contributed by atoms with Crippen molar-refractivity contribution in [2.24, 2.45) is 5.73 Å². The molecule has 0 amide bonds. The first-order valence-electron chi connectivity index (χ1n) is 11.6. The van der Waals surface area contributed by atoms with Crippen LogP contribution in [0.3, 0.4) is 0 Å². The summed E-state index contributed by atoms with van der Waals surface area (Å²) in [5.74, 6) is 0. The summed E-state index contributed by atoms with van der Waals surface area (Å²) in [5, 5.41) is 10.0. The van der Waals surface area contributed by atoms with E-state index in [0.29, 0.717) is 11.0 Å². The third kappa shape index (κ3) is 19.7. The minimum atomic E-state index is -4.41. The zero-order chi connectivity index (χ0) is 22.9. The lowest BCUT2D eigenvalue weighted by Gasteiger charge is -2.28. The van der Waals surface area contributed by atoms with Gasteiger partial charge in [-0.3, -0.25) is 4.57 Å². The Morgan fingerprint density at radius 1 is 1.00 bits per heavy atom. The molecule has 8 heteroatoms. The topological polar surface area (TPSA) is 105 Å². The number of aliphatic hydroxyl groups is 1. The number of quaternary nitrogens is 1. The Morgan fingerprint density at radius 3 is 2.07 bits per heavy atom. The number of rotatable bonds is 20. The third-order valence-electron chi connectivity index (χ3n) is 4.93. The number of hydrogen-bond acceptors (Lipinski definition) is 6. The molecule has 0 aliphatic heterocycles. The Balaban J connectivity index is 3.77. The van der Waals surface area contributed by atoms with Gasteiger partial charge in [0.2, 0.25) is 0 Å². The summed E-state index contributed by atoms with van der Waals surface area (Å²) < 4.78 is 21.9. The van der Waals surface area contributed by atoms with Crippen molar-refractivity contribution in [3.05, 3.63) is 12.2 Å². The van der Waals surface area contributed by atoms with Gasteiger partial charge in [0.05, 0.1) is 39.9 Å². The van der Waals surface area contributed by atoms with Gasteiger partial charge in [0.1, 0.15) is 13.2 Å². The number of phosphoric ester groups is 1. The van der Waals surface area contributed by atoms with Crippen LogP contribution in [0.15, 0.2) is 12.2 Å². The van der Waals surface area contributed by atoms with Crippen LogP contribution >= 0.6 is 7.82 Å². The highest BCUT2D eigenvalue weighted by atomic mass is 31.2. The molecule has 0 aromatic carbocycles. The molecule has 180 valence electrons. The predicted molar refractivity (Wildman–Crippen MR) is 122 cm³/mol. The van der Waals surface area contributed by atoms with Gasteiger partial charge in [-0.25, -0.2) is 0 Å². The first-order valence-corrected chi connectivity index (χ1v) is 13.0. The summed E-state index contributed by atoms with van der Waals surface area (Å²) in [4.78, 5) is 11.7. The second kappa shape index (κ2) is 17.3. The zero-order valence-corrected chi connectivity index (χ0v) is 20.7. The van der Waals surface area contributed by atoms with E-state index in [1.807, 2.05) is 27.2 Å². The van der Waals surface area contributed by atoms with E-state index < -0.39 is 20.0 Å². The maximum absolute atomic E-state index is 11.7. The average molecular weight is 451 g/mol. The summed E-state index contributed by atoms with van der Waals surface area (Å²) in [6.07, 6.45) is 16.4. The lowest BCUT2D eigenvalue weighted by Crippen LogP contribution is -2.39. The van der Waals surface area contributed by atoms with E-state index in [1.165, 1.54) is 57.8 Å². The quantitative estimate of drug-likeness (QED) is 0.127. The molecule has 0 aliphatic carbocycles. The van der Waals surface area contributed by atoms with Crippen LogP contribution in [0.4, 0.5) is 0 Å². The molecule has 0 spiro atoms. The molecule has 7 nitrogen and oxygen atoms in total. The number of nitrogens with two attached hydrogens (primary N) is 1. The normalized spacial score (nSPS) is 16.6. The van der Waals surface area contributed by atoms with E-state index in [0.717, 1.165) is 12.8 Å². The summed E-state index contributed by atoms with van der Waals surface area (Å²) in [7, 11) is 1.41. The van der Waals surface area contributed by atoms with Gasteiger partial charge in [-0.2, -0.15) is 0 Å². The molecule has 1 unspecified atom stereocenters. The minimum absolute atomic E-state index is 0.0425. The Labute approximate surface area is 184 Å². The number of aliphatic hydroxyl groups excluding tert-OH is 1. The van der Waals surface area contributed by atoms with Crippen LogP contribution in [0.1, 0.15) is 77.6 Å². The first-order chi connectivity index (χ1) is 14.1. The molecule has 0 saturated heterocycles. The van der Waals surface area contributed by atoms with E-state index in [9.17, 15) is 14.6 Å². The van der Waals surface area contributed by atoms with Crippen LogP contribution in [0.2, 0.25) is 0 Å². The molecule has 30 heavy (non-hydrogen) atoms. The van der Waals surface area contributed by atoms with Crippen LogP contribution in [-0.4, -0.2) is 62.6 Å². The van der Waals surface area contributed by atoms with Gasteiger partial charge in [0, 0.05) is 0 Å². The number of allylic oxidation sites excluding steroid dienone is 1. The first kappa shape index (κ1) is 29.7. The monoisotopic (exact) mass is 450 g/mol. The number of phosphoric acid groups is 1. The smallest absolute Gasteiger partial charge is 0.268 e. The minimum Gasteiger partial charge on any atom is -0.756 e. The van der Waals surface area contributed by atoms with Crippen LogP contribution in [0, 0.1) is 0 Å². The third-order valence-corrected chi connectivity index (χ3v) is 5.90. The molecule has 0 aromatic rings. The summed E-state index contributed by atoms with van der Waals surface area (Å²) in [5.41, 5.74) is 5.82. The van der Waals surface area contributed by atoms with Gasteiger partial charge in [-0.05, 0) is 12.8 Å². The van der Waals surface area contributed by atoms with Crippen LogP contribution in [0.25, 0.3) is 0 Å². The van der Waals surface area contributed by atoms with E-state index in [1.54, 1.807) is 6.08 Å². The van der Waals surface area contributed by atoms with Crippen molar-refractivity contribution in [2.45, 2.75) is 89.7 Å². The summed E-state index contributed by atoms with van der Waals surface area (Å²) in [6.45, 7) is 2.51. The molecule has 0 aromatic heterocycles. The number of likely N-dealkylation sites (N-methyl/N-ethyl adjacent to an activating group) is 1. The lowest BCUT2D eigenvalue weighted by molar-refractivity contribution is -0.870. The second-order valence-electron chi connectivity index (χ2n) is 9.14. The highest BCUT2D eigenvalue weighted by Gasteiger charge is 2.18. The van der Waals surface area contributed by atoms with Crippen molar-refractivity contribution in [3.8, 4) is 0 Å². The molecule has 3 atom stereocenters. The lowest BCUT2D eigenvalue weighted by atomic mass is 10.1. The van der Waals surface area contributed by atoms with Gasteiger partial charge >= 0.3 is 0 Å². The Morgan fingerprint density at radius 2 is 1.53 bits per heavy atom. The number of hydrogen-bond donors (Lipinski definition) is 2. The molecule has 0 radical (unpaired) electrons. The summed E-state index contributed by atoms with van der Waals surface area (Å²) >= 11 is 0. The van der Waals surface area contributed by atoms with E-state index >= 15 is 0 Å².